The summed E-state index contributed by atoms with van der Waals surface area (Å²) >= 11 is 0. The Bertz CT molecular complexity index is 241. The Morgan fingerprint density at radius 3 is 2.73 bits per heavy atom. The van der Waals surface area contributed by atoms with Crippen LogP contribution in [0.4, 0.5) is 0 Å². The molecule has 1 atom stereocenters. The lowest BCUT2D eigenvalue weighted by Crippen LogP contribution is -2.28. The molecule has 3 heteroatoms. The molecule has 0 aromatic carbocycles. The highest BCUT2D eigenvalue weighted by Crippen LogP contribution is 2.03. The number of nitrogens with one attached hydrogen (secondary N) is 1. The number of hydrogen-bond donors (Lipinski definition) is 1. The van der Waals surface area contributed by atoms with Gasteiger partial charge in [0, 0.05) is 25.0 Å². The van der Waals surface area contributed by atoms with E-state index in [1.165, 1.54) is 12.8 Å². The van der Waals surface area contributed by atoms with Crippen LogP contribution in [0.5, 0.6) is 0 Å². The summed E-state index contributed by atoms with van der Waals surface area (Å²) in [7, 11) is 0. The molecular formula is C12H23N3. The van der Waals surface area contributed by atoms with Crippen molar-refractivity contribution in [3.05, 3.63) is 18.7 Å². The Kier molecular flexibility index (Phi) is 5.40. The highest BCUT2D eigenvalue weighted by molar-refractivity contribution is 4.74. The van der Waals surface area contributed by atoms with Gasteiger partial charge in [-0.25, -0.2) is 4.98 Å². The molecule has 1 heterocycles. The number of hydrogen-bond acceptors (Lipinski definition) is 2. The molecule has 1 aromatic heterocycles. The number of aryl methyl sites for hydroxylation is 1. The van der Waals surface area contributed by atoms with E-state index in [9.17, 15) is 0 Å². The van der Waals surface area contributed by atoms with Gasteiger partial charge in [0.1, 0.15) is 0 Å². The number of nitrogens with zero attached hydrogens (tertiary/aromatic N) is 2. The SMILES string of the molecule is CC(C)C[C@@H](C)NCCCn1ccnc1. The van der Waals surface area contributed by atoms with E-state index in [4.69, 9.17) is 0 Å². The van der Waals surface area contributed by atoms with Crippen LogP contribution in [-0.4, -0.2) is 22.1 Å². The van der Waals surface area contributed by atoms with E-state index in [1.54, 1.807) is 0 Å². The zero-order chi connectivity index (χ0) is 11.1. The van der Waals surface area contributed by atoms with Crippen molar-refractivity contribution < 1.29 is 0 Å². The molecular weight excluding hydrogens is 186 g/mol. The van der Waals surface area contributed by atoms with Gasteiger partial charge in [-0.2, -0.15) is 0 Å². The summed E-state index contributed by atoms with van der Waals surface area (Å²) in [4.78, 5) is 4.02. The molecule has 0 fully saturated rings. The maximum atomic E-state index is 4.02. The van der Waals surface area contributed by atoms with E-state index in [0.29, 0.717) is 6.04 Å². The van der Waals surface area contributed by atoms with Crippen LogP contribution in [-0.2, 0) is 6.54 Å². The summed E-state index contributed by atoms with van der Waals surface area (Å²) in [5, 5.41) is 3.54. The van der Waals surface area contributed by atoms with Crippen molar-refractivity contribution in [2.24, 2.45) is 5.92 Å². The third-order valence-corrected chi connectivity index (χ3v) is 2.47. The van der Waals surface area contributed by atoms with Gasteiger partial charge in [0.05, 0.1) is 6.33 Å². The second kappa shape index (κ2) is 6.62. The molecule has 0 aliphatic carbocycles. The summed E-state index contributed by atoms with van der Waals surface area (Å²) in [5.41, 5.74) is 0. The van der Waals surface area contributed by atoms with E-state index < -0.39 is 0 Å². The maximum Gasteiger partial charge on any atom is 0.0945 e. The highest BCUT2D eigenvalue weighted by Gasteiger charge is 2.03. The van der Waals surface area contributed by atoms with E-state index in [-0.39, 0.29) is 0 Å². The normalized spacial score (nSPS) is 13.3. The molecule has 0 radical (unpaired) electrons. The van der Waals surface area contributed by atoms with Crippen LogP contribution in [0.3, 0.4) is 0 Å². The monoisotopic (exact) mass is 209 g/mol. The molecule has 0 saturated heterocycles. The fourth-order valence-corrected chi connectivity index (χ4v) is 1.82. The highest BCUT2D eigenvalue weighted by atomic mass is 15.0. The Balaban J connectivity index is 2.01. The van der Waals surface area contributed by atoms with Crippen LogP contribution in [0.25, 0.3) is 0 Å². The van der Waals surface area contributed by atoms with Gasteiger partial charge in [0.2, 0.25) is 0 Å². The average Bonchev–Trinajstić information content (AvgIpc) is 2.63. The largest absolute Gasteiger partial charge is 0.337 e. The van der Waals surface area contributed by atoms with Crippen molar-refractivity contribution in [1.82, 2.24) is 14.9 Å². The van der Waals surface area contributed by atoms with Crippen molar-refractivity contribution in [3.63, 3.8) is 0 Å². The van der Waals surface area contributed by atoms with Gasteiger partial charge in [0.15, 0.2) is 0 Å². The van der Waals surface area contributed by atoms with Crippen LogP contribution >= 0.6 is 0 Å². The smallest absolute Gasteiger partial charge is 0.0945 e. The van der Waals surface area contributed by atoms with E-state index in [2.05, 4.69) is 35.6 Å². The maximum absolute atomic E-state index is 4.02. The minimum absolute atomic E-state index is 0.632. The fourth-order valence-electron chi connectivity index (χ4n) is 1.82. The molecule has 0 unspecified atom stereocenters. The van der Waals surface area contributed by atoms with Gasteiger partial charge in [0.25, 0.3) is 0 Å². The molecule has 1 rings (SSSR count). The van der Waals surface area contributed by atoms with E-state index in [0.717, 1.165) is 19.0 Å². The van der Waals surface area contributed by atoms with Crippen LogP contribution < -0.4 is 5.32 Å². The van der Waals surface area contributed by atoms with Crippen molar-refractivity contribution in [1.29, 1.82) is 0 Å². The Morgan fingerprint density at radius 2 is 2.13 bits per heavy atom. The lowest BCUT2D eigenvalue weighted by molar-refractivity contribution is 0.432. The van der Waals surface area contributed by atoms with Gasteiger partial charge >= 0.3 is 0 Å². The van der Waals surface area contributed by atoms with Gasteiger partial charge in [-0.15, -0.1) is 0 Å². The molecule has 0 bridgehead atoms. The molecule has 0 aliphatic heterocycles. The fraction of sp³-hybridized carbons (Fsp3) is 0.750. The predicted molar refractivity (Wildman–Crippen MR) is 63.8 cm³/mol. The van der Waals surface area contributed by atoms with Crippen LogP contribution in [0.1, 0.15) is 33.6 Å². The Morgan fingerprint density at radius 1 is 1.33 bits per heavy atom. The second-order valence-electron chi connectivity index (χ2n) is 4.64. The lowest BCUT2D eigenvalue weighted by atomic mass is 10.1. The van der Waals surface area contributed by atoms with Crippen molar-refractivity contribution in [3.8, 4) is 0 Å². The van der Waals surface area contributed by atoms with Gasteiger partial charge in [-0.3, -0.25) is 0 Å². The number of aromatic nitrogens is 2. The molecule has 0 spiro atoms. The lowest BCUT2D eigenvalue weighted by Gasteiger charge is -2.15. The first-order valence-electron chi connectivity index (χ1n) is 5.87. The molecule has 1 N–H and O–H groups in total. The molecule has 15 heavy (non-hydrogen) atoms. The number of rotatable bonds is 7. The zero-order valence-electron chi connectivity index (χ0n) is 10.1. The van der Waals surface area contributed by atoms with Gasteiger partial charge in [-0.1, -0.05) is 13.8 Å². The first kappa shape index (κ1) is 12.2. The molecule has 1 aromatic rings. The zero-order valence-corrected chi connectivity index (χ0v) is 10.1. The average molecular weight is 209 g/mol. The molecule has 0 amide bonds. The Hall–Kier alpha value is -0.830. The predicted octanol–water partition coefficient (Wildman–Crippen LogP) is 2.30. The van der Waals surface area contributed by atoms with Crippen LogP contribution in [0.15, 0.2) is 18.7 Å². The van der Waals surface area contributed by atoms with Gasteiger partial charge < -0.3 is 9.88 Å². The number of imidazole rings is 1. The third kappa shape index (κ3) is 5.57. The third-order valence-electron chi connectivity index (χ3n) is 2.47. The van der Waals surface area contributed by atoms with Gasteiger partial charge in [-0.05, 0) is 32.2 Å². The summed E-state index contributed by atoms with van der Waals surface area (Å²) in [6.45, 7) is 8.94. The molecule has 86 valence electrons. The molecule has 0 saturated carbocycles. The van der Waals surface area contributed by atoms with Crippen LogP contribution in [0, 0.1) is 5.92 Å². The van der Waals surface area contributed by atoms with E-state index >= 15 is 0 Å². The summed E-state index contributed by atoms with van der Waals surface area (Å²) < 4.78 is 2.12. The first-order chi connectivity index (χ1) is 7.18. The summed E-state index contributed by atoms with van der Waals surface area (Å²) in [5.74, 6) is 0.779. The van der Waals surface area contributed by atoms with Crippen molar-refractivity contribution >= 4 is 0 Å². The second-order valence-corrected chi connectivity index (χ2v) is 4.64. The van der Waals surface area contributed by atoms with Crippen LogP contribution in [0.2, 0.25) is 0 Å². The standard InChI is InChI=1S/C12H23N3/c1-11(2)9-12(3)14-5-4-7-15-8-6-13-10-15/h6,8,10-12,14H,4-5,7,9H2,1-3H3/t12-/m1/s1. The quantitative estimate of drug-likeness (QED) is 0.698. The topological polar surface area (TPSA) is 29.9 Å². The van der Waals surface area contributed by atoms with Crippen molar-refractivity contribution in [2.45, 2.75) is 46.2 Å². The minimum atomic E-state index is 0.632. The molecule has 0 aliphatic rings. The summed E-state index contributed by atoms with van der Waals surface area (Å²) in [6, 6.07) is 0.632. The summed E-state index contributed by atoms with van der Waals surface area (Å²) in [6.07, 6.45) is 8.13. The van der Waals surface area contributed by atoms with E-state index in [1.807, 2.05) is 18.7 Å². The molecule has 3 nitrogen and oxygen atoms in total. The van der Waals surface area contributed by atoms with Crippen molar-refractivity contribution in [2.75, 3.05) is 6.54 Å². The minimum Gasteiger partial charge on any atom is -0.337 e. The Labute approximate surface area is 92.9 Å². The first-order valence-corrected chi connectivity index (χ1v) is 5.87.